The van der Waals surface area contributed by atoms with Crippen molar-refractivity contribution in [1.82, 2.24) is 10.6 Å². The Hall–Kier alpha value is -2.04. The van der Waals surface area contributed by atoms with E-state index in [-0.39, 0.29) is 18.5 Å². The minimum absolute atomic E-state index is 0.0492. The van der Waals surface area contributed by atoms with Gasteiger partial charge in [-0.2, -0.15) is 0 Å². The summed E-state index contributed by atoms with van der Waals surface area (Å²) in [7, 11) is 0. The van der Waals surface area contributed by atoms with E-state index in [1.807, 2.05) is 0 Å². The Morgan fingerprint density at radius 3 is 2.95 bits per heavy atom. The molecule has 0 heterocycles. The summed E-state index contributed by atoms with van der Waals surface area (Å²) in [4.78, 5) is 22.3. The smallest absolute Gasteiger partial charge is 0.315 e. The fraction of sp³-hybridized carbons (Fsp3) is 0.500. The molecule has 0 bridgehead atoms. The van der Waals surface area contributed by atoms with Crippen LogP contribution in [0.1, 0.15) is 48.4 Å². The number of hydrogen-bond acceptors (Lipinski definition) is 2. The first-order chi connectivity index (χ1) is 10.1. The molecule has 0 spiro atoms. The summed E-state index contributed by atoms with van der Waals surface area (Å²) in [6.07, 6.45) is 3.60. The number of aliphatic carboxylic acids is 1. The summed E-state index contributed by atoms with van der Waals surface area (Å²) in [6, 6.07) is 6.22. The molecule has 0 saturated carbocycles. The molecule has 0 fully saturated rings. The van der Waals surface area contributed by atoms with E-state index in [0.717, 1.165) is 19.3 Å². The molecule has 0 unspecified atom stereocenters. The quantitative estimate of drug-likeness (QED) is 0.729. The fourth-order valence-corrected chi connectivity index (χ4v) is 2.72. The SMILES string of the molecule is Cc1ccc2c(c1)[C@H](NC(=O)NCCCC(=O)O)CCC2. The highest BCUT2D eigenvalue weighted by Crippen LogP contribution is 2.30. The Morgan fingerprint density at radius 1 is 1.38 bits per heavy atom. The minimum Gasteiger partial charge on any atom is -0.481 e. The Morgan fingerprint density at radius 2 is 2.19 bits per heavy atom. The number of hydrogen-bond donors (Lipinski definition) is 3. The summed E-state index contributed by atoms with van der Waals surface area (Å²) >= 11 is 0. The van der Waals surface area contributed by atoms with Gasteiger partial charge in [0.1, 0.15) is 0 Å². The second-order valence-corrected chi connectivity index (χ2v) is 5.54. The second-order valence-electron chi connectivity index (χ2n) is 5.54. The van der Waals surface area contributed by atoms with Crippen LogP contribution in [0.2, 0.25) is 0 Å². The highest BCUT2D eigenvalue weighted by atomic mass is 16.4. The normalized spacial score (nSPS) is 16.9. The Kier molecular flexibility index (Phi) is 5.20. The van der Waals surface area contributed by atoms with Crippen LogP contribution in [0.25, 0.3) is 0 Å². The average Bonchev–Trinajstić information content (AvgIpc) is 2.44. The first-order valence-corrected chi connectivity index (χ1v) is 7.42. The average molecular weight is 290 g/mol. The highest BCUT2D eigenvalue weighted by molar-refractivity contribution is 5.74. The van der Waals surface area contributed by atoms with Gasteiger partial charge in [0.05, 0.1) is 6.04 Å². The van der Waals surface area contributed by atoms with Crippen LogP contribution >= 0.6 is 0 Å². The Bertz CT molecular complexity index is 528. The zero-order valence-corrected chi connectivity index (χ0v) is 12.3. The molecule has 1 aromatic carbocycles. The van der Waals surface area contributed by atoms with Gasteiger partial charge < -0.3 is 15.7 Å². The van der Waals surface area contributed by atoms with E-state index in [2.05, 4.69) is 35.8 Å². The van der Waals surface area contributed by atoms with Gasteiger partial charge in [-0.15, -0.1) is 0 Å². The molecule has 1 atom stereocenters. The van der Waals surface area contributed by atoms with Gasteiger partial charge in [0.2, 0.25) is 0 Å². The van der Waals surface area contributed by atoms with Crippen LogP contribution in [0.15, 0.2) is 18.2 Å². The molecule has 0 aliphatic heterocycles. The van der Waals surface area contributed by atoms with Crippen molar-refractivity contribution in [2.24, 2.45) is 0 Å². The summed E-state index contributed by atoms with van der Waals surface area (Å²) < 4.78 is 0. The third kappa shape index (κ3) is 4.48. The maximum absolute atomic E-state index is 11.9. The molecule has 5 heteroatoms. The van der Waals surface area contributed by atoms with E-state index in [1.165, 1.54) is 16.7 Å². The van der Waals surface area contributed by atoms with Crippen LogP contribution < -0.4 is 10.6 Å². The topological polar surface area (TPSA) is 78.4 Å². The van der Waals surface area contributed by atoms with Gasteiger partial charge in [-0.1, -0.05) is 23.8 Å². The van der Waals surface area contributed by atoms with Crippen molar-refractivity contribution in [1.29, 1.82) is 0 Å². The molecule has 2 amide bonds. The summed E-state index contributed by atoms with van der Waals surface area (Å²) in [5, 5.41) is 14.3. The van der Waals surface area contributed by atoms with Crippen LogP contribution in [0.4, 0.5) is 4.79 Å². The van der Waals surface area contributed by atoms with Crippen molar-refractivity contribution in [2.75, 3.05) is 6.54 Å². The van der Waals surface area contributed by atoms with Gasteiger partial charge in [-0.3, -0.25) is 4.79 Å². The van der Waals surface area contributed by atoms with E-state index >= 15 is 0 Å². The van der Waals surface area contributed by atoms with E-state index in [0.29, 0.717) is 13.0 Å². The minimum atomic E-state index is -0.839. The molecule has 2 rings (SSSR count). The molecule has 1 aromatic rings. The summed E-state index contributed by atoms with van der Waals surface area (Å²) in [6.45, 7) is 2.43. The third-order valence-electron chi connectivity index (χ3n) is 3.77. The number of rotatable bonds is 5. The standard InChI is InChI=1S/C16H22N2O3/c1-11-7-8-12-4-2-5-14(13(12)10-11)18-16(21)17-9-3-6-15(19)20/h7-8,10,14H,2-6,9H2,1H3,(H,19,20)(H2,17,18,21)/t14-/m1/s1. The van der Waals surface area contributed by atoms with Crippen molar-refractivity contribution < 1.29 is 14.7 Å². The van der Waals surface area contributed by atoms with E-state index in [4.69, 9.17) is 5.11 Å². The number of carbonyl (C=O) groups is 2. The number of carboxylic acid groups (broad SMARTS) is 1. The first kappa shape index (κ1) is 15.4. The Labute approximate surface area is 124 Å². The van der Waals surface area contributed by atoms with Crippen LogP contribution in [0.3, 0.4) is 0 Å². The molecule has 0 radical (unpaired) electrons. The van der Waals surface area contributed by atoms with Gasteiger partial charge in [0.15, 0.2) is 0 Å². The third-order valence-corrected chi connectivity index (χ3v) is 3.77. The zero-order chi connectivity index (χ0) is 15.2. The molecule has 0 aromatic heterocycles. The van der Waals surface area contributed by atoms with Crippen LogP contribution in [-0.4, -0.2) is 23.7 Å². The molecule has 1 aliphatic carbocycles. The van der Waals surface area contributed by atoms with Crippen LogP contribution in [-0.2, 0) is 11.2 Å². The summed E-state index contributed by atoms with van der Waals surface area (Å²) in [5.41, 5.74) is 3.72. The Balaban J connectivity index is 1.88. The van der Waals surface area contributed by atoms with Gasteiger partial charge in [-0.05, 0) is 43.7 Å². The van der Waals surface area contributed by atoms with Gasteiger partial charge in [0.25, 0.3) is 0 Å². The lowest BCUT2D eigenvalue weighted by molar-refractivity contribution is -0.137. The number of nitrogens with one attached hydrogen (secondary N) is 2. The monoisotopic (exact) mass is 290 g/mol. The van der Waals surface area contributed by atoms with E-state index in [1.54, 1.807) is 0 Å². The largest absolute Gasteiger partial charge is 0.481 e. The molecule has 5 nitrogen and oxygen atoms in total. The van der Waals surface area contributed by atoms with Gasteiger partial charge >= 0.3 is 12.0 Å². The van der Waals surface area contributed by atoms with Crippen molar-refractivity contribution in [3.8, 4) is 0 Å². The number of aryl methyl sites for hydroxylation is 2. The lowest BCUT2D eigenvalue weighted by Gasteiger charge is -2.27. The molecule has 1 aliphatic rings. The lowest BCUT2D eigenvalue weighted by Crippen LogP contribution is -2.39. The summed E-state index contributed by atoms with van der Waals surface area (Å²) in [5.74, 6) is -0.839. The molecule has 3 N–H and O–H groups in total. The predicted molar refractivity (Wildman–Crippen MR) is 80.3 cm³/mol. The number of benzene rings is 1. The molecule has 21 heavy (non-hydrogen) atoms. The number of carboxylic acids is 1. The van der Waals surface area contributed by atoms with Crippen molar-refractivity contribution in [3.05, 3.63) is 34.9 Å². The molecular weight excluding hydrogens is 268 g/mol. The molecular formula is C16H22N2O3. The fourth-order valence-electron chi connectivity index (χ4n) is 2.72. The molecule has 0 saturated heterocycles. The predicted octanol–water partition coefficient (Wildman–Crippen LogP) is 2.54. The maximum Gasteiger partial charge on any atom is 0.315 e. The van der Waals surface area contributed by atoms with E-state index in [9.17, 15) is 9.59 Å². The number of urea groups is 1. The second kappa shape index (κ2) is 7.11. The zero-order valence-electron chi connectivity index (χ0n) is 12.3. The molecule has 114 valence electrons. The number of carbonyl (C=O) groups excluding carboxylic acids is 1. The van der Waals surface area contributed by atoms with Crippen molar-refractivity contribution in [3.63, 3.8) is 0 Å². The maximum atomic E-state index is 11.9. The van der Waals surface area contributed by atoms with Gasteiger partial charge in [0, 0.05) is 13.0 Å². The van der Waals surface area contributed by atoms with Gasteiger partial charge in [-0.25, -0.2) is 4.79 Å². The van der Waals surface area contributed by atoms with E-state index < -0.39 is 5.97 Å². The lowest BCUT2D eigenvalue weighted by atomic mass is 9.87. The van der Waals surface area contributed by atoms with Crippen LogP contribution in [0.5, 0.6) is 0 Å². The number of amides is 2. The van der Waals surface area contributed by atoms with Crippen LogP contribution in [0, 0.1) is 6.92 Å². The highest BCUT2D eigenvalue weighted by Gasteiger charge is 2.21. The van der Waals surface area contributed by atoms with Crippen molar-refractivity contribution in [2.45, 2.75) is 45.1 Å². The first-order valence-electron chi connectivity index (χ1n) is 7.42. The van der Waals surface area contributed by atoms with Crippen molar-refractivity contribution >= 4 is 12.0 Å². The number of fused-ring (bicyclic) bond motifs is 1.